The van der Waals surface area contributed by atoms with Gasteiger partial charge in [-0.2, -0.15) is 0 Å². The molecule has 1 N–H and O–H groups in total. The van der Waals surface area contributed by atoms with Gasteiger partial charge < -0.3 is 23.9 Å². The molecule has 27 heavy (non-hydrogen) atoms. The summed E-state index contributed by atoms with van der Waals surface area (Å²) in [5.74, 6) is 0.786. The Morgan fingerprint density at radius 3 is 2.78 bits per heavy atom. The molecule has 2 atom stereocenters. The summed E-state index contributed by atoms with van der Waals surface area (Å²) in [6.45, 7) is 2.82. The number of aromatic nitrogens is 2. The van der Waals surface area contributed by atoms with Crippen LogP contribution in [0, 0.1) is 0 Å². The third-order valence-electron chi connectivity index (χ3n) is 3.95. The van der Waals surface area contributed by atoms with Gasteiger partial charge in [0.25, 0.3) is 5.91 Å². The van der Waals surface area contributed by atoms with Gasteiger partial charge in [0.2, 0.25) is 5.89 Å². The number of benzene rings is 1. The smallest absolute Gasteiger partial charge is 0.414 e. The molecule has 1 aromatic heterocycles. The van der Waals surface area contributed by atoms with E-state index in [0.29, 0.717) is 36.3 Å². The summed E-state index contributed by atoms with van der Waals surface area (Å²) >= 11 is 5.81. The quantitative estimate of drug-likeness (QED) is 0.734. The molecule has 3 rings (SSSR count). The molecule has 2 aromatic rings. The van der Waals surface area contributed by atoms with Crippen LogP contribution in [0.4, 0.5) is 0 Å². The molecular formula is C18H22ClN3O5. The number of nitrogens with zero attached hydrogens (tertiary/aromatic N) is 2. The van der Waals surface area contributed by atoms with E-state index in [1.54, 1.807) is 24.3 Å². The predicted octanol–water partition coefficient (Wildman–Crippen LogP) is 2.93. The third-order valence-corrected chi connectivity index (χ3v) is 4.20. The first-order valence-corrected chi connectivity index (χ1v) is 9.27. The van der Waals surface area contributed by atoms with Crippen LogP contribution in [0.1, 0.15) is 38.2 Å². The molecular weight excluding hydrogens is 374 g/mol. The molecule has 1 aromatic carbocycles. The van der Waals surface area contributed by atoms with Gasteiger partial charge in [-0.3, -0.25) is 4.79 Å². The number of hydrogen-bond donors (Lipinski definition) is 1. The first kappa shape index (κ1) is 19.4. The highest BCUT2D eigenvalue weighted by Gasteiger charge is 2.28. The Kier molecular flexibility index (Phi) is 6.89. The molecule has 9 heteroatoms. The molecule has 0 unspecified atom stereocenters. The largest absolute Gasteiger partial charge is 0.484 e. The minimum absolute atomic E-state index is 0.0661. The molecule has 0 radical (unpaired) electrons. The van der Waals surface area contributed by atoms with Crippen LogP contribution in [-0.4, -0.2) is 42.0 Å². The van der Waals surface area contributed by atoms with E-state index in [9.17, 15) is 4.79 Å². The molecule has 1 aliphatic rings. The van der Waals surface area contributed by atoms with E-state index in [-0.39, 0.29) is 30.7 Å². The standard InChI is InChI=1S/C18H22ClN3O5/c1-2-9-24-18-22-21-17(27-18)15-8-5-13(10-26-15)20-16(23)11-25-14-6-3-12(19)4-7-14/h3-4,6-7,13,15H,2,5,8-11H2,1H3,(H,20,23)/t13-,15+/m1/s1. The highest BCUT2D eigenvalue weighted by molar-refractivity contribution is 6.30. The van der Waals surface area contributed by atoms with E-state index in [4.69, 9.17) is 30.2 Å². The highest BCUT2D eigenvalue weighted by atomic mass is 35.5. The van der Waals surface area contributed by atoms with Gasteiger partial charge in [0, 0.05) is 5.02 Å². The Hall–Kier alpha value is -2.32. The Balaban J connectivity index is 1.39. The molecule has 1 saturated heterocycles. The lowest BCUT2D eigenvalue weighted by molar-refractivity contribution is -0.125. The van der Waals surface area contributed by atoms with Crippen LogP contribution in [0.15, 0.2) is 28.7 Å². The van der Waals surface area contributed by atoms with Crippen molar-refractivity contribution in [3.05, 3.63) is 35.2 Å². The van der Waals surface area contributed by atoms with Gasteiger partial charge in [-0.05, 0) is 43.5 Å². The van der Waals surface area contributed by atoms with E-state index >= 15 is 0 Å². The molecule has 0 bridgehead atoms. The summed E-state index contributed by atoms with van der Waals surface area (Å²) in [6, 6.07) is 6.76. The minimum atomic E-state index is -0.282. The van der Waals surface area contributed by atoms with Crippen molar-refractivity contribution in [2.24, 2.45) is 0 Å². The molecule has 146 valence electrons. The lowest BCUT2D eigenvalue weighted by atomic mass is 10.1. The molecule has 0 spiro atoms. The zero-order valence-electron chi connectivity index (χ0n) is 15.0. The Labute approximate surface area is 162 Å². The normalized spacial score (nSPS) is 19.5. The zero-order valence-corrected chi connectivity index (χ0v) is 15.8. The highest BCUT2D eigenvalue weighted by Crippen LogP contribution is 2.28. The van der Waals surface area contributed by atoms with Crippen molar-refractivity contribution in [1.82, 2.24) is 15.5 Å². The van der Waals surface area contributed by atoms with Crippen LogP contribution >= 0.6 is 11.6 Å². The Morgan fingerprint density at radius 2 is 2.07 bits per heavy atom. The van der Waals surface area contributed by atoms with Crippen molar-refractivity contribution in [2.75, 3.05) is 19.8 Å². The summed E-state index contributed by atoms with van der Waals surface area (Å²) in [4.78, 5) is 12.0. The van der Waals surface area contributed by atoms with Crippen molar-refractivity contribution >= 4 is 17.5 Å². The lowest BCUT2D eigenvalue weighted by Gasteiger charge is -2.27. The number of carbonyl (C=O) groups is 1. The number of ether oxygens (including phenoxy) is 3. The van der Waals surface area contributed by atoms with Crippen molar-refractivity contribution in [1.29, 1.82) is 0 Å². The summed E-state index contributed by atoms with van der Waals surface area (Å²) in [5.41, 5.74) is 0. The number of rotatable bonds is 8. The van der Waals surface area contributed by atoms with E-state index in [1.165, 1.54) is 0 Å². The summed E-state index contributed by atoms with van der Waals surface area (Å²) in [7, 11) is 0. The maximum Gasteiger partial charge on any atom is 0.414 e. The van der Waals surface area contributed by atoms with Crippen molar-refractivity contribution in [3.8, 4) is 11.8 Å². The zero-order chi connectivity index (χ0) is 19.1. The molecule has 0 aliphatic carbocycles. The van der Waals surface area contributed by atoms with Crippen LogP contribution in [0.25, 0.3) is 0 Å². The second-order valence-corrected chi connectivity index (χ2v) is 6.60. The lowest BCUT2D eigenvalue weighted by Crippen LogP contribution is -2.43. The summed E-state index contributed by atoms with van der Waals surface area (Å²) in [5, 5.41) is 11.3. The summed E-state index contributed by atoms with van der Waals surface area (Å²) < 4.78 is 21.9. The second-order valence-electron chi connectivity index (χ2n) is 6.16. The van der Waals surface area contributed by atoms with E-state index in [1.807, 2.05) is 6.92 Å². The monoisotopic (exact) mass is 395 g/mol. The maximum atomic E-state index is 12.0. The van der Waals surface area contributed by atoms with Crippen molar-refractivity contribution in [2.45, 2.75) is 38.3 Å². The van der Waals surface area contributed by atoms with Gasteiger partial charge in [0.1, 0.15) is 11.9 Å². The number of carbonyl (C=O) groups excluding carboxylic acids is 1. The average Bonchev–Trinajstić information content (AvgIpc) is 3.15. The third kappa shape index (κ3) is 5.83. The number of hydrogen-bond acceptors (Lipinski definition) is 7. The van der Waals surface area contributed by atoms with Crippen LogP contribution in [0.2, 0.25) is 5.02 Å². The maximum absolute atomic E-state index is 12.0. The van der Waals surface area contributed by atoms with Gasteiger partial charge in [-0.25, -0.2) is 0 Å². The first-order chi connectivity index (χ1) is 13.1. The van der Waals surface area contributed by atoms with Gasteiger partial charge in [0.05, 0.1) is 19.3 Å². The van der Waals surface area contributed by atoms with Crippen molar-refractivity contribution < 1.29 is 23.4 Å². The number of amides is 1. The fourth-order valence-corrected chi connectivity index (χ4v) is 2.73. The van der Waals surface area contributed by atoms with Crippen molar-refractivity contribution in [3.63, 3.8) is 0 Å². The van der Waals surface area contributed by atoms with Crippen LogP contribution < -0.4 is 14.8 Å². The van der Waals surface area contributed by atoms with Crippen LogP contribution in [0.5, 0.6) is 11.8 Å². The van der Waals surface area contributed by atoms with Crippen LogP contribution in [-0.2, 0) is 9.53 Å². The fraction of sp³-hybridized carbons (Fsp3) is 0.500. The van der Waals surface area contributed by atoms with Gasteiger partial charge >= 0.3 is 6.08 Å². The topological polar surface area (TPSA) is 95.7 Å². The van der Waals surface area contributed by atoms with E-state index < -0.39 is 0 Å². The Morgan fingerprint density at radius 1 is 1.26 bits per heavy atom. The molecule has 1 amide bonds. The predicted molar refractivity (Wildman–Crippen MR) is 96.9 cm³/mol. The molecule has 8 nitrogen and oxygen atoms in total. The SMILES string of the molecule is CCCOc1nnc([C@@H]2CC[C@@H](NC(=O)COc3ccc(Cl)cc3)CO2)o1. The van der Waals surface area contributed by atoms with E-state index in [2.05, 4.69) is 15.5 Å². The minimum Gasteiger partial charge on any atom is -0.484 e. The summed E-state index contributed by atoms with van der Waals surface area (Å²) in [6.07, 6.45) is 2.14. The Bertz CT molecular complexity index is 729. The number of nitrogens with one attached hydrogen (secondary N) is 1. The van der Waals surface area contributed by atoms with Gasteiger partial charge in [-0.1, -0.05) is 23.6 Å². The van der Waals surface area contributed by atoms with Gasteiger partial charge in [0.15, 0.2) is 6.61 Å². The first-order valence-electron chi connectivity index (χ1n) is 8.89. The van der Waals surface area contributed by atoms with E-state index in [0.717, 1.165) is 12.8 Å². The average molecular weight is 396 g/mol. The molecule has 2 heterocycles. The number of halogens is 1. The molecule has 1 fully saturated rings. The molecule has 0 saturated carbocycles. The molecule has 1 aliphatic heterocycles. The van der Waals surface area contributed by atoms with Gasteiger partial charge in [-0.15, -0.1) is 5.10 Å². The second kappa shape index (κ2) is 9.57. The fourth-order valence-electron chi connectivity index (χ4n) is 2.61. The van der Waals surface area contributed by atoms with Crippen LogP contribution in [0.3, 0.4) is 0 Å².